The molecule has 3 aliphatic rings. The highest BCUT2D eigenvalue weighted by atomic mass is 16.6. The van der Waals surface area contributed by atoms with Gasteiger partial charge in [0.05, 0.1) is 30.8 Å². The van der Waals surface area contributed by atoms with Gasteiger partial charge in [-0.2, -0.15) is 0 Å². The van der Waals surface area contributed by atoms with Crippen molar-refractivity contribution < 1.29 is 29.0 Å². The molecule has 3 heterocycles. The molecule has 34 heavy (non-hydrogen) atoms. The van der Waals surface area contributed by atoms with Gasteiger partial charge in [0.25, 0.3) is 0 Å². The standard InChI is InChI=1S/C26H36N2O6/c1-5-16(3)18(15-29)28-21(22(30)27-14-17-10-8-7-9-11-17)26-13-12-25(4,34-26)20(19(26)23(28)31)24(32)33-6-2/h7-11,16,18-21,29H,5-6,12-15H2,1-4H3,(H,27,30)/t16-,18-,19-,20-,21?,25+,26?/m0/s1. The number of ether oxygens (including phenoxy) is 2. The first-order valence-electron chi connectivity index (χ1n) is 12.4. The lowest BCUT2D eigenvalue weighted by atomic mass is 9.66. The number of likely N-dealkylation sites (tertiary alicyclic amines) is 1. The summed E-state index contributed by atoms with van der Waals surface area (Å²) < 4.78 is 11.9. The van der Waals surface area contributed by atoms with E-state index in [2.05, 4.69) is 5.32 Å². The van der Waals surface area contributed by atoms with Crippen molar-refractivity contribution in [2.24, 2.45) is 17.8 Å². The van der Waals surface area contributed by atoms with Crippen LogP contribution in [-0.2, 0) is 30.4 Å². The summed E-state index contributed by atoms with van der Waals surface area (Å²) in [4.78, 5) is 42.3. The second-order valence-corrected chi connectivity index (χ2v) is 10.1. The van der Waals surface area contributed by atoms with E-state index in [0.717, 1.165) is 12.0 Å². The third-order valence-electron chi connectivity index (χ3n) is 8.16. The third kappa shape index (κ3) is 3.71. The SMILES string of the molecule is CCOC(=O)[C@@H]1[C@H]2C(=O)N([C@@H](CO)[C@@H](C)CC)C(C(=O)NCc3ccccc3)C23CC[C@@]1(C)O3. The number of nitrogens with zero attached hydrogens (tertiary/aromatic N) is 1. The zero-order valence-corrected chi connectivity index (χ0v) is 20.5. The van der Waals surface area contributed by atoms with E-state index in [-0.39, 0.29) is 30.9 Å². The van der Waals surface area contributed by atoms with Crippen molar-refractivity contribution in [2.75, 3.05) is 13.2 Å². The average Bonchev–Trinajstić information content (AvgIpc) is 3.40. The predicted octanol–water partition coefficient (Wildman–Crippen LogP) is 2.04. The molecule has 8 heteroatoms. The Bertz CT molecular complexity index is 938. The first-order valence-corrected chi connectivity index (χ1v) is 12.4. The molecule has 0 radical (unpaired) electrons. The number of fused-ring (bicyclic) bond motifs is 1. The van der Waals surface area contributed by atoms with Crippen molar-refractivity contribution >= 4 is 17.8 Å². The van der Waals surface area contributed by atoms with Gasteiger partial charge in [0, 0.05) is 6.54 Å². The summed E-state index contributed by atoms with van der Waals surface area (Å²) in [5.74, 6) is -2.71. The minimum Gasteiger partial charge on any atom is -0.466 e. The third-order valence-corrected chi connectivity index (χ3v) is 8.16. The van der Waals surface area contributed by atoms with E-state index < -0.39 is 41.1 Å². The highest BCUT2D eigenvalue weighted by Crippen LogP contribution is 2.63. The molecule has 1 aromatic carbocycles. The first kappa shape index (κ1) is 24.7. The molecule has 2 unspecified atom stereocenters. The zero-order valence-electron chi connectivity index (χ0n) is 20.5. The number of rotatable bonds is 9. The monoisotopic (exact) mass is 472 g/mol. The van der Waals surface area contributed by atoms with Crippen LogP contribution in [0.1, 0.15) is 52.5 Å². The lowest BCUT2D eigenvalue weighted by molar-refractivity contribution is -0.160. The fourth-order valence-electron chi connectivity index (χ4n) is 6.31. The molecule has 7 atom stereocenters. The summed E-state index contributed by atoms with van der Waals surface area (Å²) in [7, 11) is 0. The Morgan fingerprint density at radius 2 is 1.97 bits per heavy atom. The molecular weight excluding hydrogens is 436 g/mol. The second-order valence-electron chi connectivity index (χ2n) is 10.1. The van der Waals surface area contributed by atoms with Crippen molar-refractivity contribution in [3.05, 3.63) is 35.9 Å². The van der Waals surface area contributed by atoms with E-state index in [4.69, 9.17) is 9.47 Å². The van der Waals surface area contributed by atoms with Crippen molar-refractivity contribution in [2.45, 2.75) is 76.8 Å². The van der Waals surface area contributed by atoms with Crippen LogP contribution in [0.2, 0.25) is 0 Å². The van der Waals surface area contributed by atoms with E-state index in [1.807, 2.05) is 51.1 Å². The molecule has 2 bridgehead atoms. The van der Waals surface area contributed by atoms with Crippen LogP contribution in [0.25, 0.3) is 0 Å². The quantitative estimate of drug-likeness (QED) is 0.533. The Labute approximate surface area is 201 Å². The van der Waals surface area contributed by atoms with Gasteiger partial charge in [-0.05, 0) is 38.2 Å². The predicted molar refractivity (Wildman–Crippen MR) is 124 cm³/mol. The van der Waals surface area contributed by atoms with Crippen LogP contribution in [0.5, 0.6) is 0 Å². The van der Waals surface area contributed by atoms with Crippen molar-refractivity contribution in [3.63, 3.8) is 0 Å². The lowest BCUT2D eigenvalue weighted by Gasteiger charge is -2.39. The van der Waals surface area contributed by atoms with E-state index in [0.29, 0.717) is 19.4 Å². The fourth-order valence-corrected chi connectivity index (χ4v) is 6.31. The van der Waals surface area contributed by atoms with Gasteiger partial charge in [0.15, 0.2) is 0 Å². The highest BCUT2D eigenvalue weighted by molar-refractivity contribution is 5.98. The van der Waals surface area contributed by atoms with Gasteiger partial charge in [-0.1, -0.05) is 50.6 Å². The number of nitrogens with one attached hydrogen (secondary N) is 1. The molecule has 186 valence electrons. The molecule has 2 N–H and O–H groups in total. The van der Waals surface area contributed by atoms with Crippen LogP contribution in [-0.4, -0.2) is 64.3 Å². The highest BCUT2D eigenvalue weighted by Gasteiger charge is 2.78. The largest absolute Gasteiger partial charge is 0.466 e. The summed E-state index contributed by atoms with van der Waals surface area (Å²) in [5.41, 5.74) is -1.04. The Hall–Kier alpha value is -2.45. The molecule has 2 amide bonds. The number of hydrogen-bond acceptors (Lipinski definition) is 6. The van der Waals surface area contributed by atoms with Gasteiger partial charge in [0.2, 0.25) is 11.8 Å². The number of hydrogen-bond donors (Lipinski definition) is 2. The molecular formula is C26H36N2O6. The Morgan fingerprint density at radius 1 is 1.26 bits per heavy atom. The molecule has 0 aliphatic carbocycles. The smallest absolute Gasteiger partial charge is 0.312 e. The van der Waals surface area contributed by atoms with Crippen LogP contribution >= 0.6 is 0 Å². The number of aliphatic hydroxyl groups excluding tert-OH is 1. The Kier molecular flexibility index (Phi) is 6.75. The van der Waals surface area contributed by atoms with Crippen molar-refractivity contribution in [1.82, 2.24) is 10.2 Å². The van der Waals surface area contributed by atoms with Gasteiger partial charge >= 0.3 is 5.97 Å². The van der Waals surface area contributed by atoms with Gasteiger partial charge in [-0.3, -0.25) is 14.4 Å². The number of amides is 2. The molecule has 0 saturated carbocycles. The zero-order chi connectivity index (χ0) is 24.7. The summed E-state index contributed by atoms with van der Waals surface area (Å²) in [6, 6.07) is 8.07. The Morgan fingerprint density at radius 3 is 2.59 bits per heavy atom. The van der Waals surface area contributed by atoms with Gasteiger partial charge in [-0.15, -0.1) is 0 Å². The maximum Gasteiger partial charge on any atom is 0.312 e. The van der Waals surface area contributed by atoms with Crippen molar-refractivity contribution in [3.8, 4) is 0 Å². The number of carbonyl (C=O) groups is 3. The molecule has 8 nitrogen and oxygen atoms in total. The van der Waals surface area contributed by atoms with Gasteiger partial charge < -0.3 is 24.8 Å². The normalized spacial score (nSPS) is 33.5. The van der Waals surface area contributed by atoms with E-state index >= 15 is 0 Å². The Balaban J connectivity index is 1.73. The fraction of sp³-hybridized carbons (Fsp3) is 0.654. The molecule has 1 spiro atoms. The van der Waals surface area contributed by atoms with Gasteiger partial charge in [0.1, 0.15) is 17.6 Å². The van der Waals surface area contributed by atoms with Crippen LogP contribution in [0, 0.1) is 17.8 Å². The summed E-state index contributed by atoms with van der Waals surface area (Å²) in [6.07, 6.45) is 1.78. The van der Waals surface area contributed by atoms with Crippen LogP contribution < -0.4 is 5.32 Å². The average molecular weight is 473 g/mol. The number of esters is 1. The molecule has 4 rings (SSSR count). The summed E-state index contributed by atoms with van der Waals surface area (Å²) in [5, 5.41) is 13.3. The van der Waals surface area contributed by atoms with E-state index in [1.165, 1.54) is 4.90 Å². The maximum atomic E-state index is 14.0. The lowest BCUT2D eigenvalue weighted by Crippen LogP contribution is -2.59. The minimum absolute atomic E-state index is 0.0394. The second kappa shape index (κ2) is 9.30. The molecule has 1 aromatic rings. The maximum absolute atomic E-state index is 14.0. The molecule has 3 saturated heterocycles. The number of aliphatic hydroxyl groups is 1. The van der Waals surface area contributed by atoms with E-state index in [1.54, 1.807) is 6.92 Å². The summed E-state index contributed by atoms with van der Waals surface area (Å²) in [6.45, 7) is 7.77. The van der Waals surface area contributed by atoms with E-state index in [9.17, 15) is 19.5 Å². The minimum atomic E-state index is -1.12. The topological polar surface area (TPSA) is 105 Å². The summed E-state index contributed by atoms with van der Waals surface area (Å²) >= 11 is 0. The number of benzene rings is 1. The number of carbonyl (C=O) groups excluding carboxylic acids is 3. The van der Waals surface area contributed by atoms with Crippen molar-refractivity contribution in [1.29, 1.82) is 0 Å². The molecule has 3 fully saturated rings. The molecule has 3 aliphatic heterocycles. The van der Waals surface area contributed by atoms with Crippen LogP contribution in [0.4, 0.5) is 0 Å². The van der Waals surface area contributed by atoms with Crippen LogP contribution in [0.3, 0.4) is 0 Å². The molecule has 0 aromatic heterocycles. The van der Waals surface area contributed by atoms with Gasteiger partial charge in [-0.25, -0.2) is 0 Å². The first-order chi connectivity index (χ1) is 16.2. The van der Waals surface area contributed by atoms with Crippen LogP contribution in [0.15, 0.2) is 30.3 Å².